The van der Waals surface area contributed by atoms with Gasteiger partial charge in [0.25, 0.3) is 5.91 Å². The molecular weight excluding hydrogens is 289 g/mol. The van der Waals surface area contributed by atoms with E-state index in [0.29, 0.717) is 19.4 Å². The van der Waals surface area contributed by atoms with Crippen LogP contribution in [0.25, 0.3) is 0 Å². The maximum atomic E-state index is 11.9. The summed E-state index contributed by atoms with van der Waals surface area (Å²) in [6.45, 7) is 0.705. The molecule has 0 saturated heterocycles. The molecular formula is C13H17F3N2O3. The summed E-state index contributed by atoms with van der Waals surface area (Å²) in [5, 5.41) is 11.9. The predicted octanol–water partition coefficient (Wildman–Crippen LogP) is 1.91. The number of hydrogen-bond donors (Lipinski definition) is 2. The number of aromatic nitrogens is 1. The van der Waals surface area contributed by atoms with Gasteiger partial charge in [0.1, 0.15) is 0 Å². The fourth-order valence-corrected chi connectivity index (χ4v) is 1.41. The van der Waals surface area contributed by atoms with E-state index in [9.17, 15) is 23.1 Å². The van der Waals surface area contributed by atoms with Crippen LogP contribution in [0.5, 0.6) is 5.88 Å². The Morgan fingerprint density at radius 1 is 1.48 bits per heavy atom. The highest BCUT2D eigenvalue weighted by Gasteiger charge is 2.28. The lowest BCUT2D eigenvalue weighted by Gasteiger charge is -2.10. The van der Waals surface area contributed by atoms with Gasteiger partial charge in [0.15, 0.2) is 6.61 Å². The van der Waals surface area contributed by atoms with E-state index in [1.807, 2.05) is 6.92 Å². The second-order valence-electron chi connectivity index (χ2n) is 4.40. The Kier molecular flexibility index (Phi) is 6.41. The molecule has 21 heavy (non-hydrogen) atoms. The van der Waals surface area contributed by atoms with Gasteiger partial charge in [-0.15, -0.1) is 0 Å². The molecule has 1 heterocycles. The van der Waals surface area contributed by atoms with Crippen molar-refractivity contribution in [2.45, 2.75) is 32.0 Å². The van der Waals surface area contributed by atoms with Crippen LogP contribution in [0.3, 0.4) is 0 Å². The van der Waals surface area contributed by atoms with Gasteiger partial charge in [-0.2, -0.15) is 13.2 Å². The Morgan fingerprint density at radius 2 is 2.19 bits per heavy atom. The van der Waals surface area contributed by atoms with Crippen LogP contribution in [0.4, 0.5) is 13.2 Å². The van der Waals surface area contributed by atoms with E-state index < -0.39 is 24.8 Å². The maximum Gasteiger partial charge on any atom is 0.422 e. The number of nitrogens with zero attached hydrogens (tertiary/aromatic N) is 1. The Balaban J connectivity index is 2.44. The van der Waals surface area contributed by atoms with Crippen LogP contribution in [0.15, 0.2) is 18.3 Å². The third-order valence-electron chi connectivity index (χ3n) is 2.62. The largest absolute Gasteiger partial charge is 0.468 e. The van der Waals surface area contributed by atoms with Gasteiger partial charge >= 0.3 is 6.18 Å². The van der Waals surface area contributed by atoms with E-state index in [0.717, 1.165) is 6.20 Å². The van der Waals surface area contributed by atoms with E-state index >= 15 is 0 Å². The first-order valence-electron chi connectivity index (χ1n) is 6.43. The van der Waals surface area contributed by atoms with Gasteiger partial charge in [0.05, 0.1) is 11.7 Å². The number of amides is 1. The van der Waals surface area contributed by atoms with Crippen molar-refractivity contribution < 1.29 is 27.8 Å². The summed E-state index contributed by atoms with van der Waals surface area (Å²) >= 11 is 0. The van der Waals surface area contributed by atoms with E-state index in [1.165, 1.54) is 12.1 Å². The van der Waals surface area contributed by atoms with Crippen molar-refractivity contribution >= 4 is 5.91 Å². The quantitative estimate of drug-likeness (QED) is 0.807. The number of aliphatic hydroxyl groups excluding tert-OH is 1. The number of carbonyl (C=O) groups excluding carboxylic acids is 1. The Hall–Kier alpha value is -1.83. The molecule has 1 aromatic rings. The molecule has 0 fully saturated rings. The normalized spacial score (nSPS) is 12.8. The molecule has 118 valence electrons. The van der Waals surface area contributed by atoms with Crippen molar-refractivity contribution in [1.29, 1.82) is 0 Å². The van der Waals surface area contributed by atoms with Crippen LogP contribution in [-0.2, 0) is 0 Å². The standard InChI is InChI=1S/C13H17F3N2O3/c1-2-10(19)5-6-17-12(20)9-3-4-11(18-7-9)21-8-13(14,15)16/h3-4,7,10,19H,2,5-6,8H2,1H3,(H,17,20). The van der Waals surface area contributed by atoms with E-state index in [1.54, 1.807) is 0 Å². The molecule has 0 bridgehead atoms. The molecule has 1 rings (SSSR count). The minimum Gasteiger partial charge on any atom is -0.468 e. The molecule has 1 aromatic heterocycles. The number of alkyl halides is 3. The van der Waals surface area contributed by atoms with Crippen molar-refractivity contribution in [2.75, 3.05) is 13.2 Å². The number of nitrogens with one attached hydrogen (secondary N) is 1. The zero-order valence-electron chi connectivity index (χ0n) is 11.5. The fourth-order valence-electron chi connectivity index (χ4n) is 1.41. The van der Waals surface area contributed by atoms with Crippen molar-refractivity contribution in [3.05, 3.63) is 23.9 Å². The van der Waals surface area contributed by atoms with E-state index in [-0.39, 0.29) is 11.4 Å². The summed E-state index contributed by atoms with van der Waals surface area (Å²) < 4.78 is 40.3. The van der Waals surface area contributed by atoms with Crippen LogP contribution in [-0.4, -0.2) is 41.4 Å². The highest BCUT2D eigenvalue weighted by atomic mass is 19.4. The number of hydrogen-bond acceptors (Lipinski definition) is 4. The molecule has 0 spiro atoms. The smallest absolute Gasteiger partial charge is 0.422 e. The van der Waals surface area contributed by atoms with E-state index in [4.69, 9.17) is 0 Å². The molecule has 0 aliphatic carbocycles. The number of aliphatic hydroxyl groups is 1. The lowest BCUT2D eigenvalue weighted by atomic mass is 10.2. The SMILES string of the molecule is CCC(O)CCNC(=O)c1ccc(OCC(F)(F)F)nc1. The average Bonchev–Trinajstić information content (AvgIpc) is 2.44. The molecule has 1 atom stereocenters. The molecule has 1 amide bonds. The fraction of sp³-hybridized carbons (Fsp3) is 0.538. The number of rotatable bonds is 7. The Bertz CT molecular complexity index is 449. The average molecular weight is 306 g/mol. The van der Waals surface area contributed by atoms with Crippen molar-refractivity contribution in [3.63, 3.8) is 0 Å². The van der Waals surface area contributed by atoms with Crippen LogP contribution >= 0.6 is 0 Å². The van der Waals surface area contributed by atoms with Gasteiger partial charge in [-0.05, 0) is 18.9 Å². The summed E-state index contributed by atoms with van der Waals surface area (Å²) in [6, 6.07) is 2.52. The number of pyridine rings is 1. The minimum absolute atomic E-state index is 0.203. The second-order valence-corrected chi connectivity index (χ2v) is 4.40. The molecule has 8 heteroatoms. The summed E-state index contributed by atoms with van der Waals surface area (Å²) in [5.41, 5.74) is 0.209. The lowest BCUT2D eigenvalue weighted by molar-refractivity contribution is -0.154. The molecule has 0 radical (unpaired) electrons. The summed E-state index contributed by atoms with van der Waals surface area (Å²) in [5.74, 6) is -0.613. The monoisotopic (exact) mass is 306 g/mol. The molecule has 2 N–H and O–H groups in total. The highest BCUT2D eigenvalue weighted by molar-refractivity contribution is 5.93. The van der Waals surface area contributed by atoms with Gasteiger partial charge in [-0.25, -0.2) is 4.98 Å². The van der Waals surface area contributed by atoms with Gasteiger partial charge in [0.2, 0.25) is 5.88 Å². The van der Waals surface area contributed by atoms with Crippen LogP contribution in [0, 0.1) is 0 Å². The first-order valence-corrected chi connectivity index (χ1v) is 6.43. The lowest BCUT2D eigenvalue weighted by Crippen LogP contribution is -2.27. The number of carbonyl (C=O) groups is 1. The molecule has 0 aliphatic heterocycles. The molecule has 0 saturated carbocycles. The van der Waals surface area contributed by atoms with Gasteiger partial charge < -0.3 is 15.2 Å². The van der Waals surface area contributed by atoms with Gasteiger partial charge in [-0.1, -0.05) is 6.92 Å². The van der Waals surface area contributed by atoms with Crippen molar-refractivity contribution in [1.82, 2.24) is 10.3 Å². The Morgan fingerprint density at radius 3 is 2.71 bits per heavy atom. The number of halogens is 3. The summed E-state index contributed by atoms with van der Waals surface area (Å²) in [7, 11) is 0. The molecule has 5 nitrogen and oxygen atoms in total. The first-order chi connectivity index (χ1) is 9.81. The zero-order valence-corrected chi connectivity index (χ0v) is 11.5. The molecule has 0 aromatic carbocycles. The maximum absolute atomic E-state index is 11.9. The van der Waals surface area contributed by atoms with Gasteiger partial charge in [-0.3, -0.25) is 4.79 Å². The Labute approximate surface area is 120 Å². The predicted molar refractivity (Wildman–Crippen MR) is 69.0 cm³/mol. The molecule has 0 aliphatic rings. The minimum atomic E-state index is -4.43. The second kappa shape index (κ2) is 7.82. The van der Waals surface area contributed by atoms with E-state index in [2.05, 4.69) is 15.0 Å². The van der Waals surface area contributed by atoms with Crippen LogP contribution < -0.4 is 10.1 Å². The number of ether oxygens (including phenoxy) is 1. The van der Waals surface area contributed by atoms with Crippen molar-refractivity contribution in [3.8, 4) is 5.88 Å². The first kappa shape index (κ1) is 17.2. The van der Waals surface area contributed by atoms with Crippen LogP contribution in [0.1, 0.15) is 30.1 Å². The zero-order chi connectivity index (χ0) is 15.9. The third-order valence-corrected chi connectivity index (χ3v) is 2.62. The van der Waals surface area contributed by atoms with Crippen LogP contribution in [0.2, 0.25) is 0 Å². The highest BCUT2D eigenvalue weighted by Crippen LogP contribution is 2.17. The van der Waals surface area contributed by atoms with Crippen molar-refractivity contribution in [2.24, 2.45) is 0 Å². The topological polar surface area (TPSA) is 71.5 Å². The van der Waals surface area contributed by atoms with Gasteiger partial charge in [0, 0.05) is 18.8 Å². The third kappa shape index (κ3) is 6.94. The summed E-state index contributed by atoms with van der Waals surface area (Å²) in [6.07, 6.45) is -2.73. The summed E-state index contributed by atoms with van der Waals surface area (Å²) in [4.78, 5) is 15.3. The molecule has 1 unspecified atom stereocenters.